The molecule has 166 valence electrons. The molecule has 2 aromatic rings. The predicted molar refractivity (Wildman–Crippen MR) is 95.2 cm³/mol. The van der Waals surface area contributed by atoms with Gasteiger partial charge in [0.1, 0.15) is 12.6 Å². The zero-order valence-corrected chi connectivity index (χ0v) is 15.5. The third-order valence-electron chi connectivity index (χ3n) is 4.92. The van der Waals surface area contributed by atoms with Crippen LogP contribution >= 0.6 is 0 Å². The topological polar surface area (TPSA) is 75.6 Å². The highest BCUT2D eigenvalue weighted by molar-refractivity contribution is 5.81. The molecule has 2 aromatic carbocycles. The van der Waals surface area contributed by atoms with Gasteiger partial charge in [0.25, 0.3) is 0 Å². The molecule has 1 aliphatic rings. The van der Waals surface area contributed by atoms with Crippen LogP contribution in [0.1, 0.15) is 17.0 Å². The van der Waals surface area contributed by atoms with Crippen LogP contribution in [0.15, 0.2) is 48.5 Å². The molecule has 5 nitrogen and oxygen atoms in total. The van der Waals surface area contributed by atoms with Gasteiger partial charge in [-0.1, -0.05) is 48.5 Å². The smallest absolute Gasteiger partial charge is 0.407 e. The maximum Gasteiger partial charge on any atom is 0.407 e. The van der Waals surface area contributed by atoms with Gasteiger partial charge >= 0.3 is 24.4 Å². The zero-order chi connectivity index (χ0) is 23.0. The molecule has 0 saturated carbocycles. The lowest BCUT2D eigenvalue weighted by molar-refractivity contribution is -0.290. The quantitative estimate of drug-likeness (QED) is 0.651. The second kappa shape index (κ2) is 8.12. The van der Waals surface area contributed by atoms with Gasteiger partial charge in [0.2, 0.25) is 0 Å². The van der Waals surface area contributed by atoms with Crippen LogP contribution in [0.25, 0.3) is 11.1 Å². The largest absolute Gasteiger partial charge is 0.480 e. The number of ether oxygens (including phenoxy) is 1. The van der Waals surface area contributed by atoms with E-state index >= 15 is 0 Å². The maximum atomic E-state index is 12.9. The summed E-state index contributed by atoms with van der Waals surface area (Å²) in [7, 11) is 0. The Bertz CT molecular complexity index is 929. The third-order valence-corrected chi connectivity index (χ3v) is 4.92. The molecule has 0 spiro atoms. The van der Waals surface area contributed by atoms with E-state index in [9.17, 15) is 35.9 Å². The number of rotatable bonds is 5. The number of carbonyl (C=O) groups excluding carboxylic acids is 1. The average Bonchev–Trinajstić information content (AvgIpc) is 2.97. The molecule has 0 radical (unpaired) electrons. The summed E-state index contributed by atoms with van der Waals surface area (Å²) in [4.78, 5) is 23.1. The second-order valence-electron chi connectivity index (χ2n) is 6.85. The molecular weight excluding hydrogens is 432 g/mol. The first kappa shape index (κ1) is 22.4. The van der Waals surface area contributed by atoms with Crippen LogP contribution in [-0.2, 0) is 9.53 Å². The van der Waals surface area contributed by atoms with Crippen molar-refractivity contribution in [1.29, 1.82) is 0 Å². The lowest BCUT2D eigenvalue weighted by Gasteiger charge is -2.28. The van der Waals surface area contributed by atoms with Gasteiger partial charge in [0, 0.05) is 5.92 Å². The van der Waals surface area contributed by atoms with Gasteiger partial charge in [-0.2, -0.15) is 26.3 Å². The summed E-state index contributed by atoms with van der Waals surface area (Å²) in [5, 5.41) is 10.1. The molecule has 1 atom stereocenters. The molecule has 1 amide bonds. The van der Waals surface area contributed by atoms with E-state index in [1.807, 2.05) is 12.1 Å². The van der Waals surface area contributed by atoms with E-state index in [1.54, 1.807) is 36.4 Å². The van der Waals surface area contributed by atoms with Crippen molar-refractivity contribution in [1.82, 2.24) is 5.32 Å². The molecule has 0 saturated heterocycles. The summed E-state index contributed by atoms with van der Waals surface area (Å²) in [5.41, 5.74) is 3.22. The number of halogens is 6. The first-order chi connectivity index (χ1) is 14.4. The molecular formula is C20H15F6NO4. The SMILES string of the molecule is O=C(N[C@H](C(=O)O)C(C(F)(F)F)C(F)(F)F)OCC1c2ccccc2-c2ccccc21. The Morgan fingerprint density at radius 1 is 0.903 bits per heavy atom. The number of nitrogens with one attached hydrogen (secondary N) is 1. The minimum atomic E-state index is -5.95. The van der Waals surface area contributed by atoms with E-state index in [0.717, 1.165) is 22.3 Å². The van der Waals surface area contributed by atoms with E-state index in [4.69, 9.17) is 9.84 Å². The number of hydrogen-bond donors (Lipinski definition) is 2. The Hall–Kier alpha value is -3.24. The highest BCUT2D eigenvalue weighted by Gasteiger charge is 2.62. The van der Waals surface area contributed by atoms with Crippen molar-refractivity contribution in [2.24, 2.45) is 5.92 Å². The summed E-state index contributed by atoms with van der Waals surface area (Å²) >= 11 is 0. The van der Waals surface area contributed by atoms with E-state index in [0.29, 0.717) is 0 Å². The minimum Gasteiger partial charge on any atom is -0.480 e. The third kappa shape index (κ3) is 4.59. The Kier molecular flexibility index (Phi) is 5.88. The van der Waals surface area contributed by atoms with Crippen molar-refractivity contribution < 1.29 is 45.8 Å². The number of carboxylic acid groups (broad SMARTS) is 1. The molecule has 1 aliphatic carbocycles. The summed E-state index contributed by atoms with van der Waals surface area (Å²) in [6.07, 6.45) is -13.6. The molecule has 0 aliphatic heterocycles. The van der Waals surface area contributed by atoms with E-state index in [-0.39, 0.29) is 0 Å². The number of fused-ring (bicyclic) bond motifs is 3. The zero-order valence-electron chi connectivity index (χ0n) is 15.5. The molecule has 3 rings (SSSR count). The lowest BCUT2D eigenvalue weighted by atomic mass is 9.98. The number of carbonyl (C=O) groups is 2. The standard InChI is InChI=1S/C20H15F6NO4/c21-19(22,23)16(20(24,25)26)15(17(28)29)27-18(30)31-9-14-12-7-3-1-5-10(12)11-6-2-4-8-13(11)14/h1-8,14-16H,9H2,(H,27,30)(H,28,29)/t15-/m0/s1. The highest BCUT2D eigenvalue weighted by Crippen LogP contribution is 2.45. The number of alkyl carbamates (subject to hydrolysis) is 1. The van der Waals surface area contributed by atoms with Gasteiger partial charge in [-0.15, -0.1) is 0 Å². The van der Waals surface area contributed by atoms with Gasteiger partial charge in [-0.25, -0.2) is 9.59 Å². The maximum absolute atomic E-state index is 12.9. The fraction of sp³-hybridized carbons (Fsp3) is 0.300. The normalized spacial score (nSPS) is 14.7. The molecule has 2 N–H and O–H groups in total. The minimum absolute atomic E-state index is 0.408. The van der Waals surface area contributed by atoms with Gasteiger partial charge in [0.15, 0.2) is 5.92 Å². The van der Waals surface area contributed by atoms with E-state index < -0.39 is 48.9 Å². The highest BCUT2D eigenvalue weighted by atomic mass is 19.4. The Morgan fingerprint density at radius 2 is 1.35 bits per heavy atom. The number of hydrogen-bond acceptors (Lipinski definition) is 3. The van der Waals surface area contributed by atoms with E-state index in [1.165, 1.54) is 5.32 Å². The molecule has 11 heteroatoms. The van der Waals surface area contributed by atoms with Crippen molar-refractivity contribution in [3.05, 3.63) is 59.7 Å². The van der Waals surface area contributed by atoms with Crippen LogP contribution in [0.5, 0.6) is 0 Å². The molecule has 0 unspecified atom stereocenters. The average molecular weight is 447 g/mol. The molecule has 0 heterocycles. The van der Waals surface area contributed by atoms with Crippen molar-refractivity contribution in [3.8, 4) is 11.1 Å². The number of alkyl halides is 6. The summed E-state index contributed by atoms with van der Waals surface area (Å²) < 4.78 is 82.0. The molecule has 0 fully saturated rings. The van der Waals surface area contributed by atoms with Crippen LogP contribution in [0.4, 0.5) is 31.1 Å². The van der Waals surface area contributed by atoms with Gasteiger partial charge in [-0.05, 0) is 22.3 Å². The fourth-order valence-electron chi connectivity index (χ4n) is 3.62. The second-order valence-corrected chi connectivity index (χ2v) is 6.85. The van der Waals surface area contributed by atoms with Gasteiger partial charge in [0.05, 0.1) is 0 Å². The summed E-state index contributed by atoms with van der Waals surface area (Å²) in [6, 6.07) is 10.9. The fourth-order valence-corrected chi connectivity index (χ4v) is 3.62. The first-order valence-electron chi connectivity index (χ1n) is 8.89. The Labute approximate surface area is 171 Å². The Morgan fingerprint density at radius 3 is 1.77 bits per heavy atom. The Balaban J connectivity index is 1.77. The van der Waals surface area contributed by atoms with Crippen LogP contribution in [0, 0.1) is 5.92 Å². The van der Waals surface area contributed by atoms with Crippen LogP contribution in [0.2, 0.25) is 0 Å². The van der Waals surface area contributed by atoms with Crippen molar-refractivity contribution in [2.75, 3.05) is 6.61 Å². The first-order valence-corrected chi connectivity index (χ1v) is 8.89. The summed E-state index contributed by atoms with van der Waals surface area (Å²) in [6.45, 7) is -0.408. The van der Waals surface area contributed by atoms with Crippen LogP contribution in [-0.4, -0.2) is 42.2 Å². The van der Waals surface area contributed by atoms with Gasteiger partial charge < -0.3 is 15.2 Å². The van der Waals surface area contributed by atoms with Crippen molar-refractivity contribution in [3.63, 3.8) is 0 Å². The predicted octanol–water partition coefficient (Wildman–Crippen LogP) is 4.72. The van der Waals surface area contributed by atoms with Crippen molar-refractivity contribution in [2.45, 2.75) is 24.3 Å². The number of benzene rings is 2. The lowest BCUT2D eigenvalue weighted by Crippen LogP contribution is -2.56. The number of amides is 1. The molecule has 0 aromatic heterocycles. The van der Waals surface area contributed by atoms with Gasteiger partial charge in [-0.3, -0.25) is 0 Å². The molecule has 0 bridgehead atoms. The number of carboxylic acids is 1. The van der Waals surface area contributed by atoms with E-state index in [2.05, 4.69) is 0 Å². The van der Waals surface area contributed by atoms with Crippen LogP contribution in [0.3, 0.4) is 0 Å². The summed E-state index contributed by atoms with van der Waals surface area (Å²) in [5.74, 6) is -7.30. The number of aliphatic carboxylic acids is 1. The monoisotopic (exact) mass is 447 g/mol. The molecule has 31 heavy (non-hydrogen) atoms. The van der Waals surface area contributed by atoms with Crippen molar-refractivity contribution >= 4 is 12.1 Å². The van der Waals surface area contributed by atoms with Crippen LogP contribution < -0.4 is 5.32 Å².